The summed E-state index contributed by atoms with van der Waals surface area (Å²) in [5, 5.41) is 7.41. The van der Waals surface area contributed by atoms with Crippen LogP contribution in [-0.2, 0) is 13.2 Å². The number of azide groups is 1. The second kappa shape index (κ2) is 7.15. The van der Waals surface area contributed by atoms with E-state index in [1.807, 2.05) is 54.6 Å². The van der Waals surface area contributed by atoms with E-state index >= 15 is 0 Å². The Bertz CT molecular complexity index is 806. The molecule has 0 aliphatic rings. The molecular formula is C17H14N4O2. The molecule has 1 heterocycles. The molecule has 0 saturated heterocycles. The Balaban J connectivity index is 1.64. The van der Waals surface area contributed by atoms with E-state index in [4.69, 9.17) is 14.8 Å². The van der Waals surface area contributed by atoms with Crippen molar-refractivity contribution in [2.75, 3.05) is 0 Å². The smallest absolute Gasteiger partial charge is 0.143 e. The second-order valence-electron chi connectivity index (χ2n) is 4.87. The van der Waals surface area contributed by atoms with E-state index in [2.05, 4.69) is 15.2 Å². The Morgan fingerprint density at radius 3 is 2.61 bits per heavy atom. The molecule has 114 valence electrons. The lowest BCUT2D eigenvalue weighted by molar-refractivity contribution is 0.306. The number of hydrogen-bond acceptors (Lipinski definition) is 4. The van der Waals surface area contributed by atoms with E-state index in [-0.39, 0.29) is 6.54 Å². The van der Waals surface area contributed by atoms with Crippen LogP contribution in [0.15, 0.2) is 70.3 Å². The molecule has 6 nitrogen and oxygen atoms in total. The fourth-order valence-corrected chi connectivity index (χ4v) is 2.09. The third-order valence-corrected chi connectivity index (χ3v) is 3.25. The maximum atomic E-state index is 8.30. The minimum absolute atomic E-state index is 0.155. The minimum Gasteiger partial charge on any atom is -0.489 e. The van der Waals surface area contributed by atoms with E-state index in [1.54, 1.807) is 6.07 Å². The first-order valence-corrected chi connectivity index (χ1v) is 7.09. The maximum Gasteiger partial charge on any atom is 0.143 e. The maximum absolute atomic E-state index is 8.30. The standard InChI is InChI=1S/C17H14N4O2/c18-21-19-11-16-10-17(20-23-16)14-6-8-15(9-7-14)22-12-13-4-2-1-3-5-13/h1-10H,11-12H2. The van der Waals surface area contributed by atoms with Gasteiger partial charge in [0.2, 0.25) is 0 Å². The number of aromatic nitrogens is 1. The SMILES string of the molecule is [N-]=[N+]=NCc1cc(-c2ccc(OCc3ccccc3)cc2)no1. The van der Waals surface area contributed by atoms with Crippen molar-refractivity contribution < 1.29 is 9.26 Å². The molecule has 0 amide bonds. The van der Waals surface area contributed by atoms with Gasteiger partial charge in [-0.05, 0) is 35.4 Å². The minimum atomic E-state index is 0.155. The third kappa shape index (κ3) is 3.90. The topological polar surface area (TPSA) is 84.0 Å². The number of benzene rings is 2. The van der Waals surface area contributed by atoms with Gasteiger partial charge in [0.25, 0.3) is 0 Å². The first kappa shape index (κ1) is 14.7. The lowest BCUT2D eigenvalue weighted by atomic mass is 10.1. The van der Waals surface area contributed by atoms with Gasteiger partial charge in [-0.2, -0.15) is 0 Å². The summed E-state index contributed by atoms with van der Waals surface area (Å²) in [6.45, 7) is 0.683. The zero-order chi connectivity index (χ0) is 15.9. The van der Waals surface area contributed by atoms with Crippen LogP contribution < -0.4 is 4.74 Å². The Hall–Kier alpha value is -3.24. The average Bonchev–Trinajstić information content (AvgIpc) is 3.08. The predicted molar refractivity (Wildman–Crippen MR) is 85.6 cm³/mol. The highest BCUT2D eigenvalue weighted by Crippen LogP contribution is 2.23. The van der Waals surface area contributed by atoms with Crippen molar-refractivity contribution in [2.45, 2.75) is 13.2 Å². The quantitative estimate of drug-likeness (QED) is 0.375. The zero-order valence-corrected chi connectivity index (χ0v) is 12.3. The predicted octanol–water partition coefficient (Wildman–Crippen LogP) is 4.73. The van der Waals surface area contributed by atoms with Gasteiger partial charge >= 0.3 is 0 Å². The zero-order valence-electron chi connectivity index (χ0n) is 12.3. The van der Waals surface area contributed by atoms with E-state index in [1.165, 1.54) is 0 Å². The average molecular weight is 306 g/mol. The normalized spacial score (nSPS) is 10.1. The number of ether oxygens (including phenoxy) is 1. The molecule has 0 saturated carbocycles. The van der Waals surface area contributed by atoms with Crippen LogP contribution in [0, 0.1) is 0 Å². The first-order valence-electron chi connectivity index (χ1n) is 7.09. The highest BCUT2D eigenvalue weighted by Gasteiger charge is 2.06. The highest BCUT2D eigenvalue weighted by atomic mass is 16.5. The lowest BCUT2D eigenvalue weighted by Crippen LogP contribution is -1.94. The van der Waals surface area contributed by atoms with E-state index in [0.29, 0.717) is 18.1 Å². The van der Waals surface area contributed by atoms with Crippen molar-refractivity contribution in [2.24, 2.45) is 5.11 Å². The molecule has 2 aromatic carbocycles. The summed E-state index contributed by atoms with van der Waals surface area (Å²) in [6.07, 6.45) is 0. The summed E-state index contributed by atoms with van der Waals surface area (Å²) in [4.78, 5) is 2.69. The van der Waals surface area contributed by atoms with E-state index in [0.717, 1.165) is 16.9 Å². The summed E-state index contributed by atoms with van der Waals surface area (Å²) in [6, 6.07) is 19.4. The molecule has 0 bridgehead atoms. The van der Waals surface area contributed by atoms with Gasteiger partial charge in [-0.3, -0.25) is 0 Å². The first-order chi connectivity index (χ1) is 11.3. The van der Waals surface area contributed by atoms with Crippen molar-refractivity contribution in [3.8, 4) is 17.0 Å². The van der Waals surface area contributed by atoms with Crippen molar-refractivity contribution in [3.05, 3.63) is 82.4 Å². The Morgan fingerprint density at radius 2 is 1.87 bits per heavy atom. The molecule has 0 spiro atoms. The van der Waals surface area contributed by atoms with Crippen molar-refractivity contribution in [1.29, 1.82) is 0 Å². The van der Waals surface area contributed by atoms with Crippen LogP contribution in [0.25, 0.3) is 21.7 Å². The van der Waals surface area contributed by atoms with Crippen LogP contribution in [0.5, 0.6) is 5.75 Å². The molecular weight excluding hydrogens is 292 g/mol. The third-order valence-electron chi connectivity index (χ3n) is 3.25. The van der Waals surface area contributed by atoms with Crippen molar-refractivity contribution in [3.63, 3.8) is 0 Å². The van der Waals surface area contributed by atoms with Gasteiger partial charge in [-0.1, -0.05) is 40.6 Å². The molecule has 0 atom stereocenters. The van der Waals surface area contributed by atoms with Gasteiger partial charge < -0.3 is 9.26 Å². The van der Waals surface area contributed by atoms with Gasteiger partial charge in [0.1, 0.15) is 23.8 Å². The molecule has 1 aromatic heterocycles. The van der Waals surface area contributed by atoms with Crippen LogP contribution in [-0.4, -0.2) is 5.16 Å². The van der Waals surface area contributed by atoms with Crippen molar-refractivity contribution in [1.82, 2.24) is 5.16 Å². The Labute approximate surface area is 132 Å². The van der Waals surface area contributed by atoms with Crippen LogP contribution in [0.2, 0.25) is 0 Å². The molecule has 0 fully saturated rings. The van der Waals surface area contributed by atoms with Crippen LogP contribution in [0.4, 0.5) is 0 Å². The molecule has 0 aliphatic carbocycles. The molecule has 23 heavy (non-hydrogen) atoms. The Kier molecular flexibility index (Phi) is 4.57. The lowest BCUT2D eigenvalue weighted by Gasteiger charge is -2.06. The molecule has 0 N–H and O–H groups in total. The van der Waals surface area contributed by atoms with Gasteiger partial charge in [0.15, 0.2) is 0 Å². The molecule has 0 aliphatic heterocycles. The van der Waals surface area contributed by atoms with E-state index < -0.39 is 0 Å². The summed E-state index contributed by atoms with van der Waals surface area (Å²) in [5.74, 6) is 1.32. The van der Waals surface area contributed by atoms with Crippen LogP contribution in [0.1, 0.15) is 11.3 Å². The summed E-state index contributed by atoms with van der Waals surface area (Å²) in [5.41, 5.74) is 11.0. The number of rotatable bonds is 6. The highest BCUT2D eigenvalue weighted by molar-refractivity contribution is 5.59. The summed E-state index contributed by atoms with van der Waals surface area (Å²) < 4.78 is 10.9. The van der Waals surface area contributed by atoms with Gasteiger partial charge in [0, 0.05) is 16.5 Å². The largest absolute Gasteiger partial charge is 0.489 e. The molecule has 3 rings (SSSR count). The number of nitrogens with zero attached hydrogens (tertiary/aromatic N) is 4. The van der Waals surface area contributed by atoms with E-state index in [9.17, 15) is 0 Å². The summed E-state index contributed by atoms with van der Waals surface area (Å²) >= 11 is 0. The molecule has 0 radical (unpaired) electrons. The van der Waals surface area contributed by atoms with Crippen molar-refractivity contribution >= 4 is 0 Å². The Morgan fingerprint density at radius 1 is 1.09 bits per heavy atom. The molecule has 3 aromatic rings. The van der Waals surface area contributed by atoms with Gasteiger partial charge in [0.05, 0.1) is 6.54 Å². The number of hydrogen-bond donors (Lipinski definition) is 0. The molecule has 6 heteroatoms. The van der Waals surface area contributed by atoms with Crippen LogP contribution in [0.3, 0.4) is 0 Å². The fourth-order valence-electron chi connectivity index (χ4n) is 2.09. The van der Waals surface area contributed by atoms with Gasteiger partial charge in [-0.15, -0.1) is 0 Å². The second-order valence-corrected chi connectivity index (χ2v) is 4.87. The molecule has 0 unspecified atom stereocenters. The van der Waals surface area contributed by atoms with Gasteiger partial charge in [-0.25, -0.2) is 0 Å². The summed E-state index contributed by atoms with van der Waals surface area (Å²) in [7, 11) is 0. The van der Waals surface area contributed by atoms with Crippen LogP contribution >= 0.6 is 0 Å². The fraction of sp³-hybridized carbons (Fsp3) is 0.118. The monoisotopic (exact) mass is 306 g/mol.